The van der Waals surface area contributed by atoms with Crippen molar-refractivity contribution in [1.82, 2.24) is 0 Å². The molecule has 0 unspecified atom stereocenters. The first-order chi connectivity index (χ1) is 6.91. The fourth-order valence-electron chi connectivity index (χ4n) is 2.24. The van der Waals surface area contributed by atoms with Gasteiger partial charge in [0.25, 0.3) is 0 Å². The highest BCUT2D eigenvalue weighted by Crippen LogP contribution is 2.52. The standard InChI is InChI=1S/C11H15IO3/c1-7-8(13)6-11(14-4-5-15-11)10(2,3)9(7)12/h4-6H2,1-3H3. The third kappa shape index (κ3) is 1.49. The second-order valence-electron chi connectivity index (χ2n) is 4.61. The Morgan fingerprint density at radius 1 is 1.27 bits per heavy atom. The molecule has 84 valence electrons. The van der Waals surface area contributed by atoms with Crippen LogP contribution in [0.15, 0.2) is 9.15 Å². The highest BCUT2D eigenvalue weighted by Gasteiger charge is 2.56. The van der Waals surface area contributed by atoms with Gasteiger partial charge in [-0.25, -0.2) is 0 Å². The molecule has 15 heavy (non-hydrogen) atoms. The number of hydrogen-bond donors (Lipinski definition) is 0. The summed E-state index contributed by atoms with van der Waals surface area (Å²) in [5, 5.41) is 0. The molecule has 0 aromatic rings. The number of ketones is 1. The average Bonchev–Trinajstić information content (AvgIpc) is 2.63. The quantitative estimate of drug-likeness (QED) is 0.643. The molecule has 1 fully saturated rings. The number of allylic oxidation sites excluding steroid dienone is 1. The largest absolute Gasteiger partial charge is 0.346 e. The highest BCUT2D eigenvalue weighted by molar-refractivity contribution is 14.1. The summed E-state index contributed by atoms with van der Waals surface area (Å²) in [4.78, 5) is 11.8. The molecular weight excluding hydrogens is 307 g/mol. The second kappa shape index (κ2) is 3.53. The molecule has 0 saturated carbocycles. The number of halogens is 1. The summed E-state index contributed by atoms with van der Waals surface area (Å²) >= 11 is 2.24. The molecular formula is C11H15IO3. The molecule has 0 aromatic carbocycles. The smallest absolute Gasteiger partial charge is 0.185 e. The maximum atomic E-state index is 11.8. The predicted molar refractivity (Wildman–Crippen MR) is 64.8 cm³/mol. The van der Waals surface area contributed by atoms with Gasteiger partial charge in [-0.3, -0.25) is 4.79 Å². The second-order valence-corrected chi connectivity index (χ2v) is 5.69. The minimum absolute atomic E-state index is 0.139. The van der Waals surface area contributed by atoms with Crippen LogP contribution in [0.25, 0.3) is 0 Å². The van der Waals surface area contributed by atoms with Gasteiger partial charge in [-0.15, -0.1) is 0 Å². The van der Waals surface area contributed by atoms with Gasteiger partial charge >= 0.3 is 0 Å². The summed E-state index contributed by atoms with van der Waals surface area (Å²) in [5.74, 6) is -0.583. The molecule has 0 bridgehead atoms. The molecule has 1 aliphatic carbocycles. The summed E-state index contributed by atoms with van der Waals surface area (Å²) in [5.41, 5.74) is 0.618. The van der Waals surface area contributed by atoms with Crippen molar-refractivity contribution in [2.24, 2.45) is 5.41 Å². The van der Waals surface area contributed by atoms with Crippen LogP contribution in [0.5, 0.6) is 0 Å². The van der Waals surface area contributed by atoms with Crippen LogP contribution in [0.4, 0.5) is 0 Å². The van der Waals surface area contributed by atoms with E-state index in [1.165, 1.54) is 0 Å². The van der Waals surface area contributed by atoms with Crippen LogP contribution < -0.4 is 0 Å². The number of ether oxygens (including phenoxy) is 2. The van der Waals surface area contributed by atoms with E-state index in [1.807, 2.05) is 6.92 Å². The molecule has 1 aliphatic heterocycles. The molecule has 0 radical (unpaired) electrons. The number of carbonyl (C=O) groups is 1. The van der Waals surface area contributed by atoms with E-state index in [4.69, 9.17) is 9.47 Å². The Labute approximate surface area is 103 Å². The van der Waals surface area contributed by atoms with Gasteiger partial charge in [-0.05, 0) is 29.5 Å². The fourth-order valence-corrected chi connectivity index (χ4v) is 2.95. The first-order valence-electron chi connectivity index (χ1n) is 5.09. The molecule has 1 spiro atoms. The Morgan fingerprint density at radius 2 is 1.80 bits per heavy atom. The minimum atomic E-state index is -0.722. The Bertz CT molecular complexity index is 338. The lowest BCUT2D eigenvalue weighted by atomic mass is 9.74. The number of rotatable bonds is 0. The number of hydrogen-bond acceptors (Lipinski definition) is 3. The lowest BCUT2D eigenvalue weighted by Gasteiger charge is -2.45. The van der Waals surface area contributed by atoms with Gasteiger partial charge < -0.3 is 9.47 Å². The van der Waals surface area contributed by atoms with Gasteiger partial charge in [0.1, 0.15) is 0 Å². The van der Waals surface area contributed by atoms with E-state index in [0.717, 1.165) is 9.15 Å². The molecule has 0 amide bonds. The third-order valence-electron chi connectivity index (χ3n) is 3.40. The van der Waals surface area contributed by atoms with Crippen molar-refractivity contribution in [1.29, 1.82) is 0 Å². The van der Waals surface area contributed by atoms with Crippen LogP contribution in [-0.4, -0.2) is 24.8 Å². The Balaban J connectivity index is 2.50. The molecule has 0 atom stereocenters. The van der Waals surface area contributed by atoms with Crippen molar-refractivity contribution in [3.63, 3.8) is 0 Å². The van der Waals surface area contributed by atoms with Gasteiger partial charge in [0.2, 0.25) is 0 Å². The first-order valence-corrected chi connectivity index (χ1v) is 6.16. The average molecular weight is 322 g/mol. The third-order valence-corrected chi connectivity index (χ3v) is 5.55. The van der Waals surface area contributed by atoms with Crippen LogP contribution in [0.2, 0.25) is 0 Å². The maximum Gasteiger partial charge on any atom is 0.185 e. The van der Waals surface area contributed by atoms with E-state index < -0.39 is 5.79 Å². The van der Waals surface area contributed by atoms with Crippen molar-refractivity contribution in [3.8, 4) is 0 Å². The number of Topliss-reactive ketones (excluding diaryl/α,β-unsaturated/α-hetero) is 1. The fraction of sp³-hybridized carbons (Fsp3) is 0.727. The molecule has 2 rings (SSSR count). The van der Waals surface area contributed by atoms with Crippen molar-refractivity contribution >= 4 is 28.4 Å². The Kier molecular flexibility index (Phi) is 2.72. The SMILES string of the molecule is CC1=C(I)C(C)(C)C2(CC1=O)OCCO2. The minimum Gasteiger partial charge on any atom is -0.346 e. The van der Waals surface area contributed by atoms with E-state index in [-0.39, 0.29) is 11.2 Å². The van der Waals surface area contributed by atoms with Gasteiger partial charge in [-0.2, -0.15) is 0 Å². The summed E-state index contributed by atoms with van der Waals surface area (Å²) in [6, 6.07) is 0. The highest BCUT2D eigenvalue weighted by atomic mass is 127. The molecule has 1 heterocycles. The van der Waals surface area contributed by atoms with Crippen molar-refractivity contribution < 1.29 is 14.3 Å². The molecule has 0 N–H and O–H groups in total. The van der Waals surface area contributed by atoms with Crippen LogP contribution in [0.1, 0.15) is 27.2 Å². The van der Waals surface area contributed by atoms with Gasteiger partial charge in [-0.1, -0.05) is 13.8 Å². The van der Waals surface area contributed by atoms with E-state index in [2.05, 4.69) is 36.4 Å². The summed E-state index contributed by atoms with van der Waals surface area (Å²) < 4.78 is 12.5. The lowest BCUT2D eigenvalue weighted by Crippen LogP contribution is -2.50. The van der Waals surface area contributed by atoms with Gasteiger partial charge in [0.05, 0.1) is 25.0 Å². The first kappa shape index (κ1) is 11.5. The van der Waals surface area contributed by atoms with Crippen LogP contribution in [-0.2, 0) is 14.3 Å². The monoisotopic (exact) mass is 322 g/mol. The van der Waals surface area contributed by atoms with Crippen LogP contribution >= 0.6 is 22.6 Å². The summed E-state index contributed by atoms with van der Waals surface area (Å²) in [6.07, 6.45) is 0.346. The van der Waals surface area contributed by atoms with Gasteiger partial charge in [0, 0.05) is 9.15 Å². The number of carbonyl (C=O) groups excluding carboxylic acids is 1. The zero-order valence-corrected chi connectivity index (χ0v) is 11.4. The van der Waals surface area contributed by atoms with Crippen LogP contribution in [0.3, 0.4) is 0 Å². The maximum absolute atomic E-state index is 11.8. The van der Waals surface area contributed by atoms with Crippen molar-refractivity contribution in [3.05, 3.63) is 9.15 Å². The summed E-state index contributed by atoms with van der Waals surface area (Å²) in [7, 11) is 0. The van der Waals surface area contributed by atoms with E-state index in [0.29, 0.717) is 19.6 Å². The summed E-state index contributed by atoms with van der Waals surface area (Å²) in [6.45, 7) is 7.21. The predicted octanol–water partition coefficient (Wildman–Crippen LogP) is 2.44. The molecule has 4 heteroatoms. The van der Waals surface area contributed by atoms with Crippen LogP contribution in [0, 0.1) is 5.41 Å². The Hall–Kier alpha value is 0.0600. The van der Waals surface area contributed by atoms with Crippen molar-refractivity contribution in [2.75, 3.05) is 13.2 Å². The van der Waals surface area contributed by atoms with E-state index >= 15 is 0 Å². The van der Waals surface area contributed by atoms with Crippen molar-refractivity contribution in [2.45, 2.75) is 33.0 Å². The topological polar surface area (TPSA) is 35.5 Å². The molecule has 0 aromatic heterocycles. The molecule has 3 nitrogen and oxygen atoms in total. The van der Waals surface area contributed by atoms with Gasteiger partial charge in [0.15, 0.2) is 11.6 Å². The Morgan fingerprint density at radius 3 is 2.33 bits per heavy atom. The normalized spacial score (nSPS) is 28.9. The zero-order chi connectivity index (χ0) is 11.3. The van der Waals surface area contributed by atoms with E-state index in [9.17, 15) is 4.79 Å². The lowest BCUT2D eigenvalue weighted by molar-refractivity contribution is -0.218. The molecule has 2 aliphatic rings. The molecule has 1 saturated heterocycles. The zero-order valence-electron chi connectivity index (χ0n) is 9.22. The van der Waals surface area contributed by atoms with E-state index in [1.54, 1.807) is 0 Å².